The zero-order valence-corrected chi connectivity index (χ0v) is 11.6. The van der Waals surface area contributed by atoms with E-state index in [1.54, 1.807) is 0 Å². The minimum absolute atomic E-state index is 0.126. The zero-order valence-electron chi connectivity index (χ0n) is 9.21. The maximum atomic E-state index is 13.6. The molecule has 1 atom stereocenters. The monoisotopic (exact) mass is 340 g/mol. The molecular formula is C10H11BrF2N2O2S. The molecule has 0 aliphatic carbocycles. The fourth-order valence-electron chi connectivity index (χ4n) is 1.82. The number of hydrogen-bond donors (Lipinski definition) is 2. The van der Waals surface area contributed by atoms with Crippen LogP contribution >= 0.6 is 15.9 Å². The van der Waals surface area contributed by atoms with E-state index in [9.17, 15) is 17.2 Å². The van der Waals surface area contributed by atoms with E-state index >= 15 is 0 Å². The van der Waals surface area contributed by atoms with E-state index in [0.29, 0.717) is 25.6 Å². The second-order valence-corrected chi connectivity index (χ2v) is 6.51. The summed E-state index contributed by atoms with van der Waals surface area (Å²) >= 11 is 2.87. The topological polar surface area (TPSA) is 58.2 Å². The normalized spacial score (nSPS) is 20.3. The second kappa shape index (κ2) is 5.20. The van der Waals surface area contributed by atoms with Crippen LogP contribution in [0, 0.1) is 11.6 Å². The molecular weight excluding hydrogens is 330 g/mol. The van der Waals surface area contributed by atoms with Crippen LogP contribution in [0.1, 0.15) is 6.42 Å². The first kappa shape index (κ1) is 13.9. The summed E-state index contributed by atoms with van der Waals surface area (Å²) in [6.07, 6.45) is 0.639. The Bertz CT molecular complexity index is 536. The molecule has 8 heteroatoms. The van der Waals surface area contributed by atoms with Crippen LogP contribution < -0.4 is 10.0 Å². The lowest BCUT2D eigenvalue weighted by Gasteiger charge is -2.13. The molecule has 0 bridgehead atoms. The van der Waals surface area contributed by atoms with Gasteiger partial charge in [-0.3, -0.25) is 0 Å². The van der Waals surface area contributed by atoms with Crippen molar-refractivity contribution in [1.29, 1.82) is 0 Å². The molecule has 100 valence electrons. The van der Waals surface area contributed by atoms with Crippen molar-refractivity contribution >= 4 is 26.0 Å². The van der Waals surface area contributed by atoms with Crippen molar-refractivity contribution in [1.82, 2.24) is 10.0 Å². The quantitative estimate of drug-likeness (QED) is 0.873. The minimum atomic E-state index is -4.00. The number of sulfonamides is 1. The Hall–Kier alpha value is -0.570. The van der Waals surface area contributed by atoms with Crippen molar-refractivity contribution in [2.24, 2.45) is 0 Å². The predicted molar refractivity (Wildman–Crippen MR) is 65.7 cm³/mol. The van der Waals surface area contributed by atoms with Crippen LogP contribution in [-0.4, -0.2) is 27.5 Å². The molecule has 0 spiro atoms. The highest BCUT2D eigenvalue weighted by Crippen LogP contribution is 2.26. The van der Waals surface area contributed by atoms with Crippen molar-refractivity contribution in [2.45, 2.75) is 17.4 Å². The van der Waals surface area contributed by atoms with Gasteiger partial charge in [0, 0.05) is 23.1 Å². The molecule has 1 aromatic carbocycles. The predicted octanol–water partition coefficient (Wildman–Crippen LogP) is 1.37. The van der Waals surface area contributed by atoms with Crippen LogP contribution in [0.4, 0.5) is 8.78 Å². The largest absolute Gasteiger partial charge is 0.315 e. The SMILES string of the molecule is O=S(=O)(NC1CCNC1)c1c(F)cc(F)cc1Br. The maximum absolute atomic E-state index is 13.6. The fourth-order valence-corrected chi connectivity index (χ4v) is 4.26. The van der Waals surface area contributed by atoms with Crippen LogP contribution in [0.25, 0.3) is 0 Å². The first-order valence-corrected chi connectivity index (χ1v) is 7.55. The van der Waals surface area contributed by atoms with E-state index in [1.165, 1.54) is 0 Å². The van der Waals surface area contributed by atoms with Crippen molar-refractivity contribution in [3.05, 3.63) is 28.2 Å². The van der Waals surface area contributed by atoms with Crippen molar-refractivity contribution in [3.63, 3.8) is 0 Å². The Kier molecular flexibility index (Phi) is 4.00. The standard InChI is InChI=1S/C10H11BrF2N2O2S/c11-8-3-6(12)4-9(13)10(8)18(16,17)15-7-1-2-14-5-7/h3-4,7,14-15H,1-2,5H2. The molecule has 1 unspecified atom stereocenters. The third-order valence-electron chi connectivity index (χ3n) is 2.61. The lowest BCUT2D eigenvalue weighted by molar-refractivity contribution is 0.531. The molecule has 0 radical (unpaired) electrons. The minimum Gasteiger partial charge on any atom is -0.315 e. The van der Waals surface area contributed by atoms with Crippen LogP contribution in [0.5, 0.6) is 0 Å². The number of hydrogen-bond acceptors (Lipinski definition) is 3. The molecule has 0 aromatic heterocycles. The van der Waals surface area contributed by atoms with Crippen molar-refractivity contribution in [2.75, 3.05) is 13.1 Å². The van der Waals surface area contributed by atoms with Gasteiger partial charge in [0.25, 0.3) is 0 Å². The average Bonchev–Trinajstić information content (AvgIpc) is 2.66. The van der Waals surface area contributed by atoms with Crippen LogP contribution in [-0.2, 0) is 10.0 Å². The molecule has 4 nitrogen and oxygen atoms in total. The van der Waals surface area contributed by atoms with E-state index in [-0.39, 0.29) is 10.5 Å². The van der Waals surface area contributed by atoms with Gasteiger partial charge in [0.1, 0.15) is 16.5 Å². The Morgan fingerprint density at radius 3 is 2.67 bits per heavy atom. The third kappa shape index (κ3) is 2.87. The molecule has 2 rings (SSSR count). The highest BCUT2D eigenvalue weighted by molar-refractivity contribution is 9.10. The van der Waals surface area contributed by atoms with Crippen molar-refractivity contribution in [3.8, 4) is 0 Å². The maximum Gasteiger partial charge on any atom is 0.244 e. The van der Waals surface area contributed by atoms with Gasteiger partial charge in [0.15, 0.2) is 0 Å². The number of benzene rings is 1. The molecule has 1 heterocycles. The van der Waals surface area contributed by atoms with E-state index in [1.807, 2.05) is 0 Å². The van der Waals surface area contributed by atoms with E-state index < -0.39 is 26.6 Å². The summed E-state index contributed by atoms with van der Waals surface area (Å²) in [5, 5.41) is 2.99. The van der Waals surface area contributed by atoms with Gasteiger partial charge < -0.3 is 5.32 Å². The lowest BCUT2D eigenvalue weighted by Crippen LogP contribution is -2.36. The summed E-state index contributed by atoms with van der Waals surface area (Å²) in [6.45, 7) is 1.21. The smallest absolute Gasteiger partial charge is 0.244 e. The molecule has 1 aliphatic heterocycles. The van der Waals surface area contributed by atoms with Gasteiger partial charge in [-0.1, -0.05) is 0 Å². The fraction of sp³-hybridized carbons (Fsp3) is 0.400. The summed E-state index contributed by atoms with van der Waals surface area (Å²) in [6, 6.07) is 1.20. The van der Waals surface area contributed by atoms with Gasteiger partial charge in [0.05, 0.1) is 0 Å². The summed E-state index contributed by atoms with van der Waals surface area (Å²) < 4.78 is 52.8. The number of rotatable bonds is 3. The third-order valence-corrected chi connectivity index (χ3v) is 5.10. The average molecular weight is 341 g/mol. The molecule has 18 heavy (non-hydrogen) atoms. The Morgan fingerprint density at radius 2 is 2.11 bits per heavy atom. The van der Waals surface area contributed by atoms with Gasteiger partial charge in [0.2, 0.25) is 10.0 Å². The summed E-state index contributed by atoms with van der Waals surface area (Å²) in [5.74, 6) is -1.94. The Balaban J connectivity index is 2.34. The summed E-state index contributed by atoms with van der Waals surface area (Å²) in [5.41, 5.74) is 0. The highest BCUT2D eigenvalue weighted by atomic mass is 79.9. The van der Waals surface area contributed by atoms with Crippen LogP contribution in [0.2, 0.25) is 0 Å². The molecule has 1 saturated heterocycles. The summed E-state index contributed by atoms with van der Waals surface area (Å²) in [4.78, 5) is -0.559. The van der Waals surface area contributed by atoms with Gasteiger partial charge in [-0.2, -0.15) is 0 Å². The number of nitrogens with one attached hydrogen (secondary N) is 2. The Morgan fingerprint density at radius 1 is 1.39 bits per heavy atom. The van der Waals surface area contributed by atoms with Crippen LogP contribution in [0.15, 0.2) is 21.5 Å². The molecule has 0 saturated carbocycles. The van der Waals surface area contributed by atoms with Crippen LogP contribution in [0.3, 0.4) is 0 Å². The van der Waals surface area contributed by atoms with Gasteiger partial charge in [-0.15, -0.1) is 0 Å². The molecule has 2 N–H and O–H groups in total. The van der Waals surface area contributed by atoms with E-state index in [4.69, 9.17) is 0 Å². The summed E-state index contributed by atoms with van der Waals surface area (Å²) in [7, 11) is -4.00. The first-order chi connectivity index (χ1) is 8.40. The molecule has 1 aliphatic rings. The van der Waals surface area contributed by atoms with E-state index in [0.717, 1.165) is 6.07 Å². The molecule has 0 amide bonds. The molecule has 1 fully saturated rings. The Labute approximate surface area is 112 Å². The highest BCUT2D eigenvalue weighted by Gasteiger charge is 2.27. The molecule has 1 aromatic rings. The second-order valence-electron chi connectivity index (χ2n) is 4.01. The zero-order chi connectivity index (χ0) is 13.3. The number of halogens is 3. The van der Waals surface area contributed by atoms with Gasteiger partial charge in [-0.25, -0.2) is 21.9 Å². The first-order valence-electron chi connectivity index (χ1n) is 5.28. The van der Waals surface area contributed by atoms with Gasteiger partial charge >= 0.3 is 0 Å². The lowest BCUT2D eigenvalue weighted by atomic mass is 10.3. The van der Waals surface area contributed by atoms with E-state index in [2.05, 4.69) is 26.0 Å². The van der Waals surface area contributed by atoms with Crippen molar-refractivity contribution < 1.29 is 17.2 Å². The van der Waals surface area contributed by atoms with Gasteiger partial charge in [-0.05, 0) is 35.0 Å².